The third kappa shape index (κ3) is 4.27. The largest absolute Gasteiger partial charge is 0.490 e. The molecule has 1 amide bonds. The summed E-state index contributed by atoms with van der Waals surface area (Å²) in [4.78, 5) is 13.2. The van der Waals surface area contributed by atoms with Gasteiger partial charge in [-0.05, 0) is 49.8 Å². The molecule has 1 fully saturated rings. The Labute approximate surface area is 115 Å². The topological polar surface area (TPSA) is 29.5 Å². The Morgan fingerprint density at radius 1 is 1.32 bits per heavy atom. The standard InChI is InChI=1S/C16H23NO2/c1-17(2)16(18)11-10-13-6-5-9-15(12-13)19-14-7-3-4-8-14/h5-6,9,12,14H,3-4,7-8,10-11H2,1-2H3. The fourth-order valence-electron chi connectivity index (χ4n) is 2.45. The van der Waals surface area contributed by atoms with Gasteiger partial charge in [0.25, 0.3) is 0 Å². The Hall–Kier alpha value is -1.51. The molecule has 0 unspecified atom stereocenters. The molecule has 1 saturated carbocycles. The summed E-state index contributed by atoms with van der Waals surface area (Å²) in [5.74, 6) is 1.11. The van der Waals surface area contributed by atoms with Gasteiger partial charge in [-0.1, -0.05) is 12.1 Å². The molecule has 0 saturated heterocycles. The lowest BCUT2D eigenvalue weighted by atomic mass is 10.1. The van der Waals surface area contributed by atoms with E-state index < -0.39 is 0 Å². The normalized spacial score (nSPS) is 15.5. The van der Waals surface area contributed by atoms with E-state index in [-0.39, 0.29) is 5.91 Å². The van der Waals surface area contributed by atoms with Gasteiger partial charge in [-0.25, -0.2) is 0 Å². The number of carbonyl (C=O) groups excluding carboxylic acids is 1. The Balaban J connectivity index is 1.89. The van der Waals surface area contributed by atoms with Crippen molar-refractivity contribution in [2.45, 2.75) is 44.6 Å². The number of benzene rings is 1. The van der Waals surface area contributed by atoms with Gasteiger partial charge in [0.2, 0.25) is 5.91 Å². The van der Waals surface area contributed by atoms with Crippen LogP contribution >= 0.6 is 0 Å². The highest BCUT2D eigenvalue weighted by atomic mass is 16.5. The molecule has 0 atom stereocenters. The maximum atomic E-state index is 11.6. The fourth-order valence-corrected chi connectivity index (χ4v) is 2.45. The van der Waals surface area contributed by atoms with E-state index >= 15 is 0 Å². The fraction of sp³-hybridized carbons (Fsp3) is 0.562. The smallest absolute Gasteiger partial charge is 0.222 e. The van der Waals surface area contributed by atoms with Gasteiger partial charge in [0.05, 0.1) is 6.10 Å². The molecule has 0 aromatic heterocycles. The minimum absolute atomic E-state index is 0.169. The first-order valence-corrected chi connectivity index (χ1v) is 7.11. The number of aryl methyl sites for hydroxylation is 1. The van der Waals surface area contributed by atoms with Gasteiger partial charge >= 0.3 is 0 Å². The number of hydrogen-bond donors (Lipinski definition) is 0. The van der Waals surface area contributed by atoms with Crippen LogP contribution in [-0.4, -0.2) is 31.0 Å². The van der Waals surface area contributed by atoms with Gasteiger partial charge in [-0.2, -0.15) is 0 Å². The molecule has 1 aromatic rings. The van der Waals surface area contributed by atoms with Crippen molar-refractivity contribution in [3.8, 4) is 5.75 Å². The second-order valence-electron chi connectivity index (χ2n) is 5.46. The third-order valence-corrected chi connectivity index (χ3v) is 3.63. The zero-order valence-corrected chi connectivity index (χ0v) is 11.9. The van der Waals surface area contributed by atoms with Crippen LogP contribution in [0, 0.1) is 0 Å². The molecule has 0 bridgehead atoms. The lowest BCUT2D eigenvalue weighted by molar-refractivity contribution is -0.128. The Morgan fingerprint density at radius 2 is 2.05 bits per heavy atom. The quantitative estimate of drug-likeness (QED) is 0.815. The van der Waals surface area contributed by atoms with E-state index in [0.29, 0.717) is 12.5 Å². The van der Waals surface area contributed by atoms with Crippen LogP contribution in [0.5, 0.6) is 5.75 Å². The summed E-state index contributed by atoms with van der Waals surface area (Å²) in [6.45, 7) is 0. The van der Waals surface area contributed by atoms with Crippen molar-refractivity contribution in [3.63, 3.8) is 0 Å². The molecule has 0 N–H and O–H groups in total. The number of carbonyl (C=O) groups is 1. The van der Waals surface area contributed by atoms with Crippen molar-refractivity contribution >= 4 is 5.91 Å². The van der Waals surface area contributed by atoms with E-state index in [1.807, 2.05) is 12.1 Å². The first-order chi connectivity index (χ1) is 9.15. The minimum atomic E-state index is 0.169. The third-order valence-electron chi connectivity index (χ3n) is 3.63. The lowest BCUT2D eigenvalue weighted by Crippen LogP contribution is -2.21. The zero-order chi connectivity index (χ0) is 13.7. The van der Waals surface area contributed by atoms with Gasteiger partial charge in [-0.3, -0.25) is 4.79 Å². The van der Waals surface area contributed by atoms with Crippen molar-refractivity contribution in [1.29, 1.82) is 0 Å². The van der Waals surface area contributed by atoms with Crippen molar-refractivity contribution < 1.29 is 9.53 Å². The van der Waals surface area contributed by atoms with E-state index in [2.05, 4.69) is 12.1 Å². The van der Waals surface area contributed by atoms with E-state index in [0.717, 1.165) is 12.2 Å². The molecular formula is C16H23NO2. The van der Waals surface area contributed by atoms with Crippen LogP contribution in [0.1, 0.15) is 37.7 Å². The molecule has 0 radical (unpaired) electrons. The second kappa shape index (κ2) is 6.60. The summed E-state index contributed by atoms with van der Waals surface area (Å²) in [5.41, 5.74) is 1.17. The van der Waals surface area contributed by atoms with Gasteiger partial charge in [0.1, 0.15) is 5.75 Å². The minimum Gasteiger partial charge on any atom is -0.490 e. The predicted octanol–water partition coefficient (Wildman–Crippen LogP) is 3.03. The van der Waals surface area contributed by atoms with Crippen LogP contribution in [0.2, 0.25) is 0 Å². The van der Waals surface area contributed by atoms with Crippen LogP contribution in [0.3, 0.4) is 0 Å². The van der Waals surface area contributed by atoms with Gasteiger partial charge in [0.15, 0.2) is 0 Å². The van der Waals surface area contributed by atoms with Gasteiger partial charge in [0, 0.05) is 20.5 Å². The molecule has 2 rings (SSSR count). The predicted molar refractivity (Wildman–Crippen MR) is 76.3 cm³/mol. The average molecular weight is 261 g/mol. The monoisotopic (exact) mass is 261 g/mol. The molecule has 19 heavy (non-hydrogen) atoms. The summed E-state index contributed by atoms with van der Waals surface area (Å²) in [6, 6.07) is 8.15. The lowest BCUT2D eigenvalue weighted by Gasteiger charge is -2.14. The molecule has 0 heterocycles. The molecule has 3 heteroatoms. The molecule has 104 valence electrons. The average Bonchev–Trinajstić information content (AvgIpc) is 2.89. The second-order valence-corrected chi connectivity index (χ2v) is 5.46. The highest BCUT2D eigenvalue weighted by Crippen LogP contribution is 2.24. The molecule has 1 aliphatic carbocycles. The molecule has 3 nitrogen and oxygen atoms in total. The van der Waals surface area contributed by atoms with Crippen LogP contribution in [-0.2, 0) is 11.2 Å². The molecule has 1 aromatic carbocycles. The highest BCUT2D eigenvalue weighted by molar-refractivity contribution is 5.75. The number of hydrogen-bond acceptors (Lipinski definition) is 2. The van der Waals surface area contributed by atoms with E-state index in [1.54, 1.807) is 19.0 Å². The molecule has 1 aliphatic rings. The first kappa shape index (κ1) is 13.9. The summed E-state index contributed by atoms with van der Waals surface area (Å²) in [5, 5.41) is 0. The maximum Gasteiger partial charge on any atom is 0.222 e. The SMILES string of the molecule is CN(C)C(=O)CCc1cccc(OC2CCCC2)c1. The van der Waals surface area contributed by atoms with Crippen molar-refractivity contribution in [2.24, 2.45) is 0 Å². The summed E-state index contributed by atoms with van der Waals surface area (Å²) in [6.07, 6.45) is 6.62. The zero-order valence-electron chi connectivity index (χ0n) is 11.9. The highest BCUT2D eigenvalue weighted by Gasteiger charge is 2.16. The first-order valence-electron chi connectivity index (χ1n) is 7.11. The van der Waals surface area contributed by atoms with Crippen LogP contribution in [0.25, 0.3) is 0 Å². The summed E-state index contributed by atoms with van der Waals surface area (Å²) in [7, 11) is 3.59. The maximum absolute atomic E-state index is 11.6. The van der Waals surface area contributed by atoms with Crippen LogP contribution in [0.15, 0.2) is 24.3 Å². The Morgan fingerprint density at radius 3 is 2.74 bits per heavy atom. The van der Waals surface area contributed by atoms with E-state index in [4.69, 9.17) is 4.74 Å². The number of ether oxygens (including phenoxy) is 1. The summed E-state index contributed by atoms with van der Waals surface area (Å²) >= 11 is 0. The molecule has 0 aliphatic heterocycles. The summed E-state index contributed by atoms with van der Waals surface area (Å²) < 4.78 is 5.97. The Bertz CT molecular complexity index is 423. The Kier molecular flexibility index (Phi) is 4.83. The van der Waals surface area contributed by atoms with E-state index in [1.165, 1.54) is 31.2 Å². The van der Waals surface area contributed by atoms with Crippen molar-refractivity contribution in [2.75, 3.05) is 14.1 Å². The van der Waals surface area contributed by atoms with Crippen LogP contribution in [0.4, 0.5) is 0 Å². The molecule has 0 spiro atoms. The van der Waals surface area contributed by atoms with Crippen molar-refractivity contribution in [1.82, 2.24) is 4.90 Å². The van der Waals surface area contributed by atoms with Crippen LogP contribution < -0.4 is 4.74 Å². The number of amides is 1. The van der Waals surface area contributed by atoms with Crippen molar-refractivity contribution in [3.05, 3.63) is 29.8 Å². The van der Waals surface area contributed by atoms with Gasteiger partial charge < -0.3 is 9.64 Å². The molecular weight excluding hydrogens is 238 g/mol. The van der Waals surface area contributed by atoms with E-state index in [9.17, 15) is 4.79 Å². The number of nitrogens with zero attached hydrogens (tertiary/aromatic N) is 1. The number of rotatable bonds is 5. The van der Waals surface area contributed by atoms with Gasteiger partial charge in [-0.15, -0.1) is 0 Å².